The van der Waals surface area contributed by atoms with Crippen LogP contribution in [0.1, 0.15) is 11.1 Å². The van der Waals surface area contributed by atoms with Crippen molar-refractivity contribution in [2.75, 3.05) is 0 Å². The van der Waals surface area contributed by atoms with Crippen molar-refractivity contribution in [3.05, 3.63) is 77.9 Å². The molecule has 0 aliphatic rings. The van der Waals surface area contributed by atoms with Crippen LogP contribution in [0.25, 0.3) is 10.8 Å². The molecule has 0 spiro atoms. The molecule has 0 unspecified atom stereocenters. The Bertz CT molecular complexity index is 707. The Hall–Kier alpha value is -1.80. The Balaban J connectivity index is 1.85. The van der Waals surface area contributed by atoms with E-state index in [0.717, 1.165) is 11.1 Å². The molecule has 0 atom stereocenters. The Morgan fingerprint density at radius 1 is 0.850 bits per heavy atom. The fraction of sp³-hybridized carbons (Fsp3) is 0.111. The molecule has 0 amide bonds. The van der Waals surface area contributed by atoms with E-state index in [1.54, 1.807) is 0 Å². The van der Waals surface area contributed by atoms with Crippen molar-refractivity contribution >= 4 is 26.7 Å². The van der Waals surface area contributed by atoms with Crippen LogP contribution < -0.4 is 4.74 Å². The minimum absolute atomic E-state index is 0.600. The van der Waals surface area contributed by atoms with E-state index in [1.807, 2.05) is 24.3 Å². The molecular formula is C18H15BrO. The lowest BCUT2D eigenvalue weighted by Crippen LogP contribution is -1.95. The van der Waals surface area contributed by atoms with Gasteiger partial charge in [0, 0.05) is 5.33 Å². The van der Waals surface area contributed by atoms with E-state index in [4.69, 9.17) is 4.74 Å². The number of benzene rings is 3. The molecule has 3 aromatic carbocycles. The van der Waals surface area contributed by atoms with Crippen LogP contribution >= 0.6 is 15.9 Å². The van der Waals surface area contributed by atoms with Crippen LogP contribution in [-0.4, -0.2) is 0 Å². The number of hydrogen-bond acceptors (Lipinski definition) is 1. The van der Waals surface area contributed by atoms with Gasteiger partial charge in [0.2, 0.25) is 0 Å². The summed E-state index contributed by atoms with van der Waals surface area (Å²) in [6.45, 7) is 0.600. The second kappa shape index (κ2) is 6.10. The molecular weight excluding hydrogens is 312 g/mol. The lowest BCUT2D eigenvalue weighted by Gasteiger charge is -2.09. The number of alkyl halides is 1. The van der Waals surface area contributed by atoms with Gasteiger partial charge in [-0.25, -0.2) is 0 Å². The van der Waals surface area contributed by atoms with E-state index in [-0.39, 0.29) is 0 Å². The highest BCUT2D eigenvalue weighted by Crippen LogP contribution is 2.26. The molecule has 0 bridgehead atoms. The first-order valence-corrected chi connectivity index (χ1v) is 7.73. The van der Waals surface area contributed by atoms with Gasteiger partial charge >= 0.3 is 0 Å². The van der Waals surface area contributed by atoms with Crippen LogP contribution in [0.4, 0.5) is 0 Å². The van der Waals surface area contributed by atoms with Crippen molar-refractivity contribution in [1.82, 2.24) is 0 Å². The highest BCUT2D eigenvalue weighted by molar-refractivity contribution is 9.08. The van der Waals surface area contributed by atoms with E-state index in [0.29, 0.717) is 6.61 Å². The largest absolute Gasteiger partial charge is 0.489 e. The van der Waals surface area contributed by atoms with E-state index < -0.39 is 0 Å². The predicted octanol–water partition coefficient (Wildman–Crippen LogP) is 5.31. The van der Waals surface area contributed by atoms with Crippen LogP contribution in [0.5, 0.6) is 5.75 Å². The summed E-state index contributed by atoms with van der Waals surface area (Å²) in [6.07, 6.45) is 0. The average Bonchev–Trinajstić information content (AvgIpc) is 2.53. The lowest BCUT2D eigenvalue weighted by molar-refractivity contribution is 0.306. The maximum Gasteiger partial charge on any atom is 0.120 e. The van der Waals surface area contributed by atoms with E-state index in [9.17, 15) is 0 Å². The SMILES string of the molecule is BrCc1cccc2ccc(OCc3ccccc3)cc12. The van der Waals surface area contributed by atoms with Gasteiger partial charge in [-0.2, -0.15) is 0 Å². The number of ether oxygens (including phenoxy) is 1. The number of rotatable bonds is 4. The van der Waals surface area contributed by atoms with Gasteiger partial charge in [0.05, 0.1) is 0 Å². The van der Waals surface area contributed by atoms with Crippen molar-refractivity contribution in [2.45, 2.75) is 11.9 Å². The fourth-order valence-electron chi connectivity index (χ4n) is 2.26. The minimum atomic E-state index is 0.600. The van der Waals surface area contributed by atoms with Crippen molar-refractivity contribution in [2.24, 2.45) is 0 Å². The number of halogens is 1. The van der Waals surface area contributed by atoms with Crippen LogP contribution in [0, 0.1) is 0 Å². The molecule has 3 aromatic rings. The molecule has 0 saturated heterocycles. The van der Waals surface area contributed by atoms with Crippen LogP contribution in [-0.2, 0) is 11.9 Å². The molecule has 2 heteroatoms. The summed E-state index contributed by atoms with van der Waals surface area (Å²) in [5.74, 6) is 0.912. The van der Waals surface area contributed by atoms with Crippen LogP contribution in [0.2, 0.25) is 0 Å². The van der Waals surface area contributed by atoms with Crippen molar-refractivity contribution < 1.29 is 4.74 Å². The van der Waals surface area contributed by atoms with E-state index in [1.165, 1.54) is 21.9 Å². The lowest BCUT2D eigenvalue weighted by atomic mass is 10.1. The van der Waals surface area contributed by atoms with Crippen molar-refractivity contribution in [3.8, 4) is 5.75 Å². The monoisotopic (exact) mass is 326 g/mol. The van der Waals surface area contributed by atoms with Gasteiger partial charge in [0.1, 0.15) is 12.4 Å². The summed E-state index contributed by atoms with van der Waals surface area (Å²) in [6, 6.07) is 22.8. The first kappa shape index (κ1) is 13.2. The summed E-state index contributed by atoms with van der Waals surface area (Å²) >= 11 is 3.54. The first-order chi connectivity index (χ1) is 9.86. The van der Waals surface area contributed by atoms with Gasteiger partial charge in [0.15, 0.2) is 0 Å². The predicted molar refractivity (Wildman–Crippen MR) is 87.4 cm³/mol. The third-order valence-corrected chi connectivity index (χ3v) is 3.94. The molecule has 3 rings (SSSR count). The minimum Gasteiger partial charge on any atom is -0.489 e. The fourth-order valence-corrected chi connectivity index (χ4v) is 2.75. The Labute approximate surface area is 127 Å². The second-order valence-electron chi connectivity index (χ2n) is 4.71. The maximum absolute atomic E-state index is 5.88. The summed E-state index contributed by atoms with van der Waals surface area (Å²) < 4.78 is 5.88. The Kier molecular flexibility index (Phi) is 4.03. The number of hydrogen-bond donors (Lipinski definition) is 0. The second-order valence-corrected chi connectivity index (χ2v) is 5.27. The van der Waals surface area contributed by atoms with Gasteiger partial charge in [-0.05, 0) is 34.0 Å². The van der Waals surface area contributed by atoms with Gasteiger partial charge in [-0.1, -0.05) is 70.5 Å². The molecule has 100 valence electrons. The topological polar surface area (TPSA) is 9.23 Å². The van der Waals surface area contributed by atoms with Crippen LogP contribution in [0.3, 0.4) is 0 Å². The molecule has 20 heavy (non-hydrogen) atoms. The highest BCUT2D eigenvalue weighted by Gasteiger charge is 2.02. The third-order valence-electron chi connectivity index (χ3n) is 3.34. The molecule has 0 saturated carbocycles. The standard InChI is InChI=1S/C18H15BrO/c19-12-16-8-4-7-15-9-10-17(11-18(15)16)20-13-14-5-2-1-3-6-14/h1-11H,12-13H2. The molecule has 0 aromatic heterocycles. The van der Waals surface area contributed by atoms with Gasteiger partial charge in [0.25, 0.3) is 0 Å². The van der Waals surface area contributed by atoms with E-state index in [2.05, 4.69) is 58.4 Å². The number of fused-ring (bicyclic) bond motifs is 1. The molecule has 0 N–H and O–H groups in total. The zero-order valence-corrected chi connectivity index (χ0v) is 12.6. The molecule has 0 heterocycles. The quantitative estimate of drug-likeness (QED) is 0.590. The van der Waals surface area contributed by atoms with Gasteiger partial charge in [-0.15, -0.1) is 0 Å². The van der Waals surface area contributed by atoms with Crippen molar-refractivity contribution in [3.63, 3.8) is 0 Å². The summed E-state index contributed by atoms with van der Waals surface area (Å²) in [7, 11) is 0. The molecule has 0 fully saturated rings. The normalized spacial score (nSPS) is 10.7. The van der Waals surface area contributed by atoms with Gasteiger partial charge in [-0.3, -0.25) is 0 Å². The molecule has 0 aliphatic carbocycles. The Morgan fingerprint density at radius 2 is 1.70 bits per heavy atom. The van der Waals surface area contributed by atoms with Gasteiger partial charge < -0.3 is 4.74 Å². The smallest absolute Gasteiger partial charge is 0.120 e. The summed E-state index contributed by atoms with van der Waals surface area (Å²) in [4.78, 5) is 0. The molecule has 0 aliphatic heterocycles. The van der Waals surface area contributed by atoms with Crippen molar-refractivity contribution in [1.29, 1.82) is 0 Å². The third kappa shape index (κ3) is 2.86. The first-order valence-electron chi connectivity index (χ1n) is 6.61. The van der Waals surface area contributed by atoms with Crippen LogP contribution in [0.15, 0.2) is 66.7 Å². The summed E-state index contributed by atoms with van der Waals surface area (Å²) in [5.41, 5.74) is 2.47. The molecule has 0 radical (unpaired) electrons. The zero-order valence-electron chi connectivity index (χ0n) is 11.1. The summed E-state index contributed by atoms with van der Waals surface area (Å²) in [5, 5.41) is 3.34. The zero-order chi connectivity index (χ0) is 13.8. The average molecular weight is 327 g/mol. The highest BCUT2D eigenvalue weighted by atomic mass is 79.9. The maximum atomic E-state index is 5.88. The Morgan fingerprint density at radius 3 is 2.50 bits per heavy atom. The van der Waals surface area contributed by atoms with E-state index >= 15 is 0 Å². The molecule has 1 nitrogen and oxygen atoms in total.